The first-order valence-electron chi connectivity index (χ1n) is 11.4. The summed E-state index contributed by atoms with van der Waals surface area (Å²) in [5.41, 5.74) is 6.49. The smallest absolute Gasteiger partial charge is 0.383 e. The fourth-order valence-electron chi connectivity index (χ4n) is 5.15. The number of anilines is 1. The van der Waals surface area contributed by atoms with Gasteiger partial charge in [0.1, 0.15) is 5.82 Å². The van der Waals surface area contributed by atoms with E-state index < -0.39 is 17.6 Å². The molecule has 2 N–H and O–H groups in total. The van der Waals surface area contributed by atoms with Crippen LogP contribution in [0.15, 0.2) is 18.3 Å². The van der Waals surface area contributed by atoms with E-state index in [9.17, 15) is 13.2 Å². The summed E-state index contributed by atoms with van der Waals surface area (Å²) in [6, 6.07) is 3.64. The lowest BCUT2D eigenvalue weighted by Gasteiger charge is -2.35. The number of hydrogen-bond acceptors (Lipinski definition) is 5. The van der Waals surface area contributed by atoms with Gasteiger partial charge in [-0.15, -0.1) is 0 Å². The predicted octanol–water partition coefficient (Wildman–Crippen LogP) is 4.87. The molecule has 0 bridgehead atoms. The zero-order chi connectivity index (χ0) is 23.0. The third-order valence-electron chi connectivity index (χ3n) is 6.92. The number of alkyl halides is 3. The van der Waals surface area contributed by atoms with Gasteiger partial charge in [0.05, 0.1) is 17.4 Å². The molecule has 2 atom stereocenters. The highest BCUT2D eigenvalue weighted by Gasteiger charge is 2.36. The molecule has 9 heteroatoms. The van der Waals surface area contributed by atoms with Gasteiger partial charge in [-0.2, -0.15) is 18.3 Å². The Morgan fingerprint density at radius 1 is 1.12 bits per heavy atom. The average molecular weight is 452 g/mol. The summed E-state index contributed by atoms with van der Waals surface area (Å²) in [4.78, 5) is 6.36. The van der Waals surface area contributed by atoms with Crippen molar-refractivity contribution in [3.8, 4) is 11.3 Å². The lowest BCUT2D eigenvalue weighted by molar-refractivity contribution is -0.137. The van der Waals surface area contributed by atoms with E-state index in [2.05, 4.69) is 15.0 Å². The van der Waals surface area contributed by atoms with Gasteiger partial charge in [-0.05, 0) is 58.1 Å². The zero-order valence-corrected chi connectivity index (χ0v) is 18.9. The average Bonchev–Trinajstić information content (AvgIpc) is 3.41. The normalized spacial score (nSPS) is 23.3. The van der Waals surface area contributed by atoms with Crippen molar-refractivity contribution in [3.05, 3.63) is 29.6 Å². The minimum Gasteiger partial charge on any atom is -0.383 e. The standard InChI is InChI=1S/C23H32F3N5O/c1-14(2)31-21(15-4-5-17(10-15)30-8-6-18(32-3)7-9-30)12-20(29-31)16-11-19(23(24,25)26)22(27)28-13-16/h11-15,17-18H,4-10H2,1-3H3,(H2,27,28)/t15?,17-/m1/s1. The molecular formula is C23H32F3N5O. The summed E-state index contributed by atoms with van der Waals surface area (Å²) in [7, 11) is 1.78. The number of rotatable bonds is 5. The Hall–Kier alpha value is -2.13. The molecule has 1 aliphatic carbocycles. The molecule has 3 heterocycles. The van der Waals surface area contributed by atoms with Crippen LogP contribution in [0.4, 0.5) is 19.0 Å². The van der Waals surface area contributed by atoms with Crippen LogP contribution in [0.3, 0.4) is 0 Å². The third-order valence-corrected chi connectivity index (χ3v) is 6.92. The fourth-order valence-corrected chi connectivity index (χ4v) is 5.15. The van der Waals surface area contributed by atoms with Crippen LogP contribution in [0.2, 0.25) is 0 Å². The molecule has 32 heavy (non-hydrogen) atoms. The van der Waals surface area contributed by atoms with E-state index in [1.807, 2.05) is 24.6 Å². The number of methoxy groups -OCH3 is 1. The minimum atomic E-state index is -4.55. The first kappa shape index (κ1) is 23.0. The summed E-state index contributed by atoms with van der Waals surface area (Å²) in [5.74, 6) is -0.173. The molecule has 1 saturated heterocycles. The summed E-state index contributed by atoms with van der Waals surface area (Å²) in [6.45, 7) is 6.21. The van der Waals surface area contributed by atoms with Gasteiger partial charge in [-0.3, -0.25) is 4.68 Å². The van der Waals surface area contributed by atoms with Crippen LogP contribution in [0.1, 0.15) is 69.2 Å². The molecular weight excluding hydrogens is 419 g/mol. The highest BCUT2D eigenvalue weighted by atomic mass is 19.4. The Bertz CT molecular complexity index is 934. The van der Waals surface area contributed by atoms with Crippen molar-refractivity contribution in [2.45, 2.75) is 76.2 Å². The molecule has 1 unspecified atom stereocenters. The summed E-state index contributed by atoms with van der Waals surface area (Å²) >= 11 is 0. The molecule has 1 aliphatic heterocycles. The first-order chi connectivity index (χ1) is 15.2. The Morgan fingerprint density at radius 3 is 2.47 bits per heavy atom. The number of nitrogens with two attached hydrogens (primary N) is 1. The second-order valence-corrected chi connectivity index (χ2v) is 9.28. The van der Waals surface area contributed by atoms with Gasteiger partial charge in [0, 0.05) is 55.7 Å². The number of nitrogen functional groups attached to an aromatic ring is 1. The van der Waals surface area contributed by atoms with Crippen LogP contribution >= 0.6 is 0 Å². The number of hydrogen-bond donors (Lipinski definition) is 1. The van der Waals surface area contributed by atoms with E-state index in [4.69, 9.17) is 10.5 Å². The van der Waals surface area contributed by atoms with Crippen LogP contribution in [0, 0.1) is 0 Å². The third kappa shape index (κ3) is 4.64. The van der Waals surface area contributed by atoms with Crippen molar-refractivity contribution < 1.29 is 17.9 Å². The second kappa shape index (κ2) is 9.02. The number of pyridine rings is 1. The molecule has 1 saturated carbocycles. The van der Waals surface area contributed by atoms with Crippen molar-refractivity contribution in [3.63, 3.8) is 0 Å². The molecule has 2 aliphatic rings. The van der Waals surface area contributed by atoms with Crippen molar-refractivity contribution in [1.29, 1.82) is 0 Å². The fraction of sp³-hybridized carbons (Fsp3) is 0.652. The van der Waals surface area contributed by atoms with E-state index in [-0.39, 0.29) is 6.04 Å². The lowest BCUT2D eigenvalue weighted by atomic mass is 10.0. The molecule has 4 rings (SSSR count). The van der Waals surface area contributed by atoms with Gasteiger partial charge < -0.3 is 15.4 Å². The van der Waals surface area contributed by atoms with E-state index in [1.165, 1.54) is 6.20 Å². The summed E-state index contributed by atoms with van der Waals surface area (Å²) in [6.07, 6.45) is 2.55. The van der Waals surface area contributed by atoms with Crippen LogP contribution in [0.5, 0.6) is 0 Å². The van der Waals surface area contributed by atoms with Gasteiger partial charge >= 0.3 is 6.18 Å². The maximum absolute atomic E-state index is 13.3. The predicted molar refractivity (Wildman–Crippen MR) is 117 cm³/mol. The van der Waals surface area contributed by atoms with Crippen LogP contribution < -0.4 is 5.73 Å². The molecule has 176 valence electrons. The second-order valence-electron chi connectivity index (χ2n) is 9.28. The molecule has 2 aromatic rings. The molecule has 2 aromatic heterocycles. The SMILES string of the molecule is COC1CCN([C@@H]2CCC(c3cc(-c4cnc(N)c(C(F)(F)F)c4)nn3C(C)C)C2)CC1. The molecule has 2 fully saturated rings. The van der Waals surface area contributed by atoms with Crippen molar-refractivity contribution in [1.82, 2.24) is 19.7 Å². The van der Waals surface area contributed by atoms with Crippen LogP contribution in [-0.4, -0.2) is 52.0 Å². The van der Waals surface area contributed by atoms with E-state index in [0.29, 0.717) is 29.3 Å². The van der Waals surface area contributed by atoms with Crippen molar-refractivity contribution in [2.75, 3.05) is 25.9 Å². The summed E-state index contributed by atoms with van der Waals surface area (Å²) < 4.78 is 47.4. The lowest BCUT2D eigenvalue weighted by Crippen LogP contribution is -2.42. The highest BCUT2D eigenvalue weighted by molar-refractivity contribution is 5.62. The highest BCUT2D eigenvalue weighted by Crippen LogP contribution is 2.41. The topological polar surface area (TPSA) is 69.2 Å². The number of halogens is 3. The zero-order valence-electron chi connectivity index (χ0n) is 18.9. The van der Waals surface area contributed by atoms with Crippen molar-refractivity contribution >= 4 is 5.82 Å². The maximum atomic E-state index is 13.3. The van der Waals surface area contributed by atoms with Gasteiger partial charge in [0.25, 0.3) is 0 Å². The maximum Gasteiger partial charge on any atom is 0.419 e. The largest absolute Gasteiger partial charge is 0.419 e. The number of aromatic nitrogens is 3. The Morgan fingerprint density at radius 2 is 1.84 bits per heavy atom. The number of piperidine rings is 1. The van der Waals surface area contributed by atoms with Gasteiger partial charge in [-0.25, -0.2) is 4.98 Å². The quantitative estimate of drug-likeness (QED) is 0.702. The molecule has 0 amide bonds. The van der Waals surface area contributed by atoms with Gasteiger partial charge in [0.15, 0.2) is 0 Å². The Balaban J connectivity index is 1.56. The Labute approximate surface area is 186 Å². The number of likely N-dealkylation sites (tertiary alicyclic amines) is 1. The first-order valence-corrected chi connectivity index (χ1v) is 11.4. The number of nitrogens with zero attached hydrogens (tertiary/aromatic N) is 4. The minimum absolute atomic E-state index is 0.110. The Kier molecular flexibility index (Phi) is 6.49. The van der Waals surface area contributed by atoms with Gasteiger partial charge in [0.2, 0.25) is 0 Å². The number of ether oxygens (including phenoxy) is 1. The van der Waals surface area contributed by atoms with E-state index >= 15 is 0 Å². The molecule has 0 spiro atoms. The van der Waals surface area contributed by atoms with Gasteiger partial charge in [-0.1, -0.05) is 0 Å². The van der Waals surface area contributed by atoms with E-state index in [0.717, 1.165) is 57.0 Å². The molecule has 0 aromatic carbocycles. The van der Waals surface area contributed by atoms with Crippen LogP contribution in [0.25, 0.3) is 11.3 Å². The van der Waals surface area contributed by atoms with Crippen LogP contribution in [-0.2, 0) is 10.9 Å². The van der Waals surface area contributed by atoms with Crippen molar-refractivity contribution in [2.24, 2.45) is 0 Å². The molecule has 0 radical (unpaired) electrons. The monoisotopic (exact) mass is 451 g/mol. The summed E-state index contributed by atoms with van der Waals surface area (Å²) in [5, 5.41) is 4.67. The van der Waals surface area contributed by atoms with E-state index in [1.54, 1.807) is 7.11 Å². The molecule has 6 nitrogen and oxygen atoms in total.